The van der Waals surface area contributed by atoms with E-state index in [1.54, 1.807) is 7.11 Å². The van der Waals surface area contributed by atoms with Crippen molar-refractivity contribution in [2.24, 2.45) is 0 Å². The second-order valence-corrected chi connectivity index (χ2v) is 4.52. The monoisotopic (exact) mass is 253 g/mol. The fraction of sp³-hybridized carbons (Fsp3) is 0.176. The Morgan fingerprint density at radius 1 is 1.05 bits per heavy atom. The van der Waals surface area contributed by atoms with Crippen LogP contribution in [0.2, 0.25) is 0 Å². The number of allylic oxidation sites excluding steroid dienone is 1. The highest BCUT2D eigenvalue weighted by Gasteiger charge is 2.12. The van der Waals surface area contributed by atoms with Crippen LogP contribution in [0.25, 0.3) is 0 Å². The maximum atomic E-state index is 5.74. The number of methoxy groups -OCH3 is 1. The maximum Gasteiger partial charge on any atom is 0.118 e. The summed E-state index contributed by atoms with van der Waals surface area (Å²) in [5, 5.41) is 0. The Labute approximate surface area is 114 Å². The predicted molar refractivity (Wildman–Crippen MR) is 80.5 cm³/mol. The summed E-state index contributed by atoms with van der Waals surface area (Å²) in [4.78, 5) is 0. The van der Waals surface area contributed by atoms with Gasteiger partial charge in [-0.25, -0.2) is 0 Å². The fourth-order valence-corrected chi connectivity index (χ4v) is 2.20. The minimum atomic E-state index is 0.309. The van der Waals surface area contributed by atoms with Gasteiger partial charge in [0.25, 0.3) is 0 Å². The molecule has 2 rings (SSSR count). The van der Waals surface area contributed by atoms with E-state index in [1.807, 2.05) is 30.3 Å². The largest absolute Gasteiger partial charge is 0.497 e. The van der Waals surface area contributed by atoms with Crippen LogP contribution in [0.1, 0.15) is 23.5 Å². The summed E-state index contributed by atoms with van der Waals surface area (Å²) in [5.74, 6) is 1.18. The molecule has 2 N–H and O–H groups in total. The van der Waals surface area contributed by atoms with Crippen LogP contribution in [-0.2, 0) is 0 Å². The molecule has 0 amide bonds. The highest BCUT2D eigenvalue weighted by molar-refractivity contribution is 5.43. The van der Waals surface area contributed by atoms with Crippen molar-refractivity contribution in [2.45, 2.75) is 12.3 Å². The van der Waals surface area contributed by atoms with E-state index in [-0.39, 0.29) is 0 Å². The second-order valence-electron chi connectivity index (χ2n) is 4.52. The lowest BCUT2D eigenvalue weighted by molar-refractivity contribution is 0.414. The van der Waals surface area contributed by atoms with Gasteiger partial charge in [-0.2, -0.15) is 0 Å². The van der Waals surface area contributed by atoms with Crippen molar-refractivity contribution in [2.75, 3.05) is 12.8 Å². The van der Waals surface area contributed by atoms with E-state index in [9.17, 15) is 0 Å². The number of nitrogens with two attached hydrogens (primary N) is 1. The topological polar surface area (TPSA) is 35.2 Å². The van der Waals surface area contributed by atoms with Crippen LogP contribution in [0, 0.1) is 0 Å². The normalized spacial score (nSPS) is 11.8. The standard InChI is InChI=1S/C17H19NO/c1-3-4-17(13-5-9-15(18)10-6-13)14-7-11-16(19-2)12-8-14/h3,5-12,17H,1,4,18H2,2H3. The first kappa shape index (κ1) is 13.2. The minimum Gasteiger partial charge on any atom is -0.497 e. The van der Waals surface area contributed by atoms with E-state index in [4.69, 9.17) is 10.5 Å². The smallest absolute Gasteiger partial charge is 0.118 e. The van der Waals surface area contributed by atoms with E-state index in [1.165, 1.54) is 11.1 Å². The molecule has 1 unspecified atom stereocenters. The van der Waals surface area contributed by atoms with Crippen molar-refractivity contribution >= 4 is 5.69 Å². The molecular weight excluding hydrogens is 234 g/mol. The van der Waals surface area contributed by atoms with Crippen molar-refractivity contribution < 1.29 is 4.74 Å². The van der Waals surface area contributed by atoms with Crippen LogP contribution in [0.3, 0.4) is 0 Å². The molecule has 0 aliphatic carbocycles. The Morgan fingerprint density at radius 2 is 1.58 bits per heavy atom. The molecule has 1 atom stereocenters. The first-order valence-electron chi connectivity index (χ1n) is 6.35. The van der Waals surface area contributed by atoms with Gasteiger partial charge in [-0.1, -0.05) is 30.3 Å². The van der Waals surface area contributed by atoms with E-state index in [0.717, 1.165) is 17.9 Å². The van der Waals surface area contributed by atoms with Gasteiger partial charge in [0.05, 0.1) is 7.11 Å². The van der Waals surface area contributed by atoms with Gasteiger partial charge in [0.15, 0.2) is 0 Å². The van der Waals surface area contributed by atoms with Gasteiger partial charge in [-0.3, -0.25) is 0 Å². The SMILES string of the molecule is C=CCC(c1ccc(N)cc1)c1ccc(OC)cc1. The molecule has 0 aromatic heterocycles. The lowest BCUT2D eigenvalue weighted by atomic mass is 9.88. The molecule has 0 fully saturated rings. The van der Waals surface area contributed by atoms with E-state index < -0.39 is 0 Å². The number of ether oxygens (including phenoxy) is 1. The Morgan fingerprint density at radius 3 is 2.05 bits per heavy atom. The molecule has 0 bridgehead atoms. The third-order valence-electron chi connectivity index (χ3n) is 3.26. The van der Waals surface area contributed by atoms with Gasteiger partial charge < -0.3 is 10.5 Å². The number of nitrogen functional groups attached to an aromatic ring is 1. The molecule has 0 aliphatic heterocycles. The van der Waals surface area contributed by atoms with Gasteiger partial charge in [0, 0.05) is 11.6 Å². The van der Waals surface area contributed by atoms with Crippen LogP contribution >= 0.6 is 0 Å². The molecule has 98 valence electrons. The predicted octanol–water partition coefficient (Wildman–Crippen LogP) is 3.99. The van der Waals surface area contributed by atoms with Gasteiger partial charge in [0.2, 0.25) is 0 Å². The zero-order valence-electron chi connectivity index (χ0n) is 11.2. The quantitative estimate of drug-likeness (QED) is 0.646. The zero-order valence-corrected chi connectivity index (χ0v) is 11.2. The molecule has 0 radical (unpaired) electrons. The second kappa shape index (κ2) is 6.10. The molecule has 2 aromatic rings. The summed E-state index contributed by atoms with van der Waals surface area (Å²) in [7, 11) is 1.68. The van der Waals surface area contributed by atoms with Gasteiger partial charge in [-0.05, 0) is 41.8 Å². The highest BCUT2D eigenvalue weighted by Crippen LogP contribution is 2.30. The summed E-state index contributed by atoms with van der Waals surface area (Å²) in [6, 6.07) is 16.2. The zero-order chi connectivity index (χ0) is 13.7. The summed E-state index contributed by atoms with van der Waals surface area (Å²) in [6.45, 7) is 3.85. The third kappa shape index (κ3) is 3.16. The molecule has 2 aromatic carbocycles. The number of hydrogen-bond acceptors (Lipinski definition) is 2. The molecule has 0 heterocycles. The van der Waals surface area contributed by atoms with Gasteiger partial charge >= 0.3 is 0 Å². The Balaban J connectivity index is 2.32. The van der Waals surface area contributed by atoms with Crippen molar-refractivity contribution in [1.82, 2.24) is 0 Å². The molecule has 0 saturated carbocycles. The fourth-order valence-electron chi connectivity index (χ4n) is 2.20. The molecule has 2 heteroatoms. The van der Waals surface area contributed by atoms with Crippen molar-refractivity contribution in [3.8, 4) is 5.75 Å². The third-order valence-corrected chi connectivity index (χ3v) is 3.26. The lowest BCUT2D eigenvalue weighted by Gasteiger charge is -2.17. The van der Waals surface area contributed by atoms with Crippen molar-refractivity contribution in [1.29, 1.82) is 0 Å². The average molecular weight is 253 g/mol. The lowest BCUT2D eigenvalue weighted by Crippen LogP contribution is -2.00. The molecule has 2 nitrogen and oxygen atoms in total. The number of benzene rings is 2. The number of hydrogen-bond donors (Lipinski definition) is 1. The summed E-state index contributed by atoms with van der Waals surface area (Å²) < 4.78 is 5.19. The number of anilines is 1. The Hall–Kier alpha value is -2.22. The van der Waals surface area contributed by atoms with Gasteiger partial charge in [0.1, 0.15) is 5.75 Å². The molecule has 19 heavy (non-hydrogen) atoms. The first-order valence-corrected chi connectivity index (χ1v) is 6.35. The van der Waals surface area contributed by atoms with Crippen LogP contribution in [-0.4, -0.2) is 7.11 Å². The summed E-state index contributed by atoms with van der Waals surface area (Å²) >= 11 is 0. The van der Waals surface area contributed by atoms with E-state index >= 15 is 0 Å². The first-order chi connectivity index (χ1) is 9.24. The van der Waals surface area contributed by atoms with Crippen LogP contribution < -0.4 is 10.5 Å². The number of rotatable bonds is 5. The van der Waals surface area contributed by atoms with Crippen LogP contribution in [0.4, 0.5) is 5.69 Å². The van der Waals surface area contributed by atoms with E-state index in [0.29, 0.717) is 5.92 Å². The average Bonchev–Trinajstić information content (AvgIpc) is 2.46. The van der Waals surface area contributed by atoms with Crippen LogP contribution in [0.5, 0.6) is 5.75 Å². The summed E-state index contributed by atoms with van der Waals surface area (Å²) in [5.41, 5.74) is 9.03. The van der Waals surface area contributed by atoms with Crippen LogP contribution in [0.15, 0.2) is 61.2 Å². The molecule has 0 spiro atoms. The van der Waals surface area contributed by atoms with Crippen molar-refractivity contribution in [3.63, 3.8) is 0 Å². The Bertz CT molecular complexity index is 528. The highest BCUT2D eigenvalue weighted by atomic mass is 16.5. The van der Waals surface area contributed by atoms with E-state index in [2.05, 4.69) is 30.8 Å². The maximum absolute atomic E-state index is 5.74. The molecule has 0 aliphatic rings. The molecular formula is C17H19NO. The molecule has 0 saturated heterocycles. The van der Waals surface area contributed by atoms with Crippen molar-refractivity contribution in [3.05, 3.63) is 72.3 Å². The minimum absolute atomic E-state index is 0.309. The Kier molecular flexibility index (Phi) is 4.24. The van der Waals surface area contributed by atoms with Gasteiger partial charge in [-0.15, -0.1) is 6.58 Å². The summed E-state index contributed by atoms with van der Waals surface area (Å²) in [6.07, 6.45) is 2.85.